The van der Waals surface area contributed by atoms with Crippen molar-refractivity contribution in [3.05, 3.63) is 48.4 Å². The predicted octanol–water partition coefficient (Wildman–Crippen LogP) is 2.69. The third-order valence-corrected chi connectivity index (χ3v) is 2.76. The van der Waals surface area contributed by atoms with Gasteiger partial charge in [0.15, 0.2) is 5.78 Å². The first kappa shape index (κ1) is 9.09. The van der Waals surface area contributed by atoms with Gasteiger partial charge in [-0.2, -0.15) is 0 Å². The minimum atomic E-state index is 0.0304. The summed E-state index contributed by atoms with van der Waals surface area (Å²) >= 11 is 0. The standard InChI is InChI=1S/C13H10N2O/c1-9(16)12-8-14-13-11-5-3-2-4-10(11)6-7-15(12)13/h2-8H,1H3. The number of benzene rings is 1. The average Bonchev–Trinajstić information content (AvgIpc) is 2.73. The van der Waals surface area contributed by atoms with E-state index in [-0.39, 0.29) is 5.78 Å². The minimum Gasteiger partial charge on any atom is -0.297 e. The van der Waals surface area contributed by atoms with Crippen molar-refractivity contribution in [2.24, 2.45) is 0 Å². The van der Waals surface area contributed by atoms with Crippen LogP contribution in [-0.2, 0) is 0 Å². The number of imidazole rings is 1. The number of hydrogen-bond acceptors (Lipinski definition) is 2. The van der Waals surface area contributed by atoms with E-state index >= 15 is 0 Å². The van der Waals surface area contributed by atoms with Crippen LogP contribution in [0.25, 0.3) is 16.4 Å². The van der Waals surface area contributed by atoms with Gasteiger partial charge in [-0.3, -0.25) is 9.20 Å². The molecule has 0 unspecified atom stereocenters. The third-order valence-electron chi connectivity index (χ3n) is 2.76. The molecule has 2 heterocycles. The van der Waals surface area contributed by atoms with Crippen molar-refractivity contribution in [3.63, 3.8) is 0 Å². The van der Waals surface area contributed by atoms with Gasteiger partial charge in [-0.25, -0.2) is 4.98 Å². The Bertz CT molecular complexity index is 697. The Labute approximate surface area is 92.3 Å². The highest BCUT2D eigenvalue weighted by molar-refractivity contribution is 5.98. The fraction of sp³-hybridized carbons (Fsp3) is 0.0769. The molecule has 0 atom stereocenters. The van der Waals surface area contributed by atoms with Gasteiger partial charge in [0, 0.05) is 18.5 Å². The Balaban J connectivity index is 2.49. The van der Waals surface area contributed by atoms with E-state index in [0.717, 1.165) is 16.4 Å². The SMILES string of the molecule is CC(=O)c1cnc2c3ccccc3ccn12. The van der Waals surface area contributed by atoms with Gasteiger partial charge >= 0.3 is 0 Å². The normalized spacial score (nSPS) is 11.1. The zero-order valence-corrected chi connectivity index (χ0v) is 8.84. The van der Waals surface area contributed by atoms with E-state index in [2.05, 4.69) is 4.98 Å². The first-order valence-electron chi connectivity index (χ1n) is 5.13. The molecule has 2 aromatic heterocycles. The molecular formula is C13H10N2O. The first-order chi connectivity index (χ1) is 7.77. The molecular weight excluding hydrogens is 200 g/mol. The highest BCUT2D eigenvalue weighted by Crippen LogP contribution is 2.19. The first-order valence-corrected chi connectivity index (χ1v) is 5.13. The zero-order chi connectivity index (χ0) is 11.1. The number of aromatic nitrogens is 2. The van der Waals surface area contributed by atoms with Gasteiger partial charge < -0.3 is 0 Å². The van der Waals surface area contributed by atoms with Gasteiger partial charge in [-0.1, -0.05) is 24.3 Å². The van der Waals surface area contributed by atoms with Crippen molar-refractivity contribution in [3.8, 4) is 0 Å². The maximum Gasteiger partial charge on any atom is 0.178 e. The quantitative estimate of drug-likeness (QED) is 0.579. The Hall–Kier alpha value is -2.16. The Kier molecular flexibility index (Phi) is 1.80. The molecule has 3 aromatic rings. The lowest BCUT2D eigenvalue weighted by molar-refractivity contribution is 0.101. The highest BCUT2D eigenvalue weighted by atomic mass is 16.1. The summed E-state index contributed by atoms with van der Waals surface area (Å²) in [5, 5.41) is 2.20. The van der Waals surface area contributed by atoms with Gasteiger partial charge in [0.25, 0.3) is 0 Å². The number of carbonyl (C=O) groups excluding carboxylic acids is 1. The topological polar surface area (TPSA) is 34.4 Å². The molecule has 0 aliphatic heterocycles. The van der Waals surface area contributed by atoms with Gasteiger partial charge in [-0.05, 0) is 11.5 Å². The summed E-state index contributed by atoms with van der Waals surface area (Å²) in [4.78, 5) is 15.7. The number of ketones is 1. The number of fused-ring (bicyclic) bond motifs is 3. The second kappa shape index (κ2) is 3.17. The van der Waals surface area contributed by atoms with Crippen LogP contribution in [0.4, 0.5) is 0 Å². The van der Waals surface area contributed by atoms with Crippen molar-refractivity contribution in [2.45, 2.75) is 6.92 Å². The summed E-state index contributed by atoms with van der Waals surface area (Å²) in [5.41, 5.74) is 1.46. The van der Waals surface area contributed by atoms with Gasteiger partial charge in [0.2, 0.25) is 0 Å². The molecule has 16 heavy (non-hydrogen) atoms. The molecule has 0 radical (unpaired) electrons. The summed E-state index contributed by atoms with van der Waals surface area (Å²) in [7, 11) is 0. The van der Waals surface area contributed by atoms with Crippen LogP contribution in [0.1, 0.15) is 17.4 Å². The Morgan fingerprint density at radius 2 is 2.06 bits per heavy atom. The smallest absolute Gasteiger partial charge is 0.178 e. The molecule has 0 N–H and O–H groups in total. The fourth-order valence-electron chi connectivity index (χ4n) is 1.97. The molecule has 0 aliphatic carbocycles. The molecule has 3 heteroatoms. The van der Waals surface area contributed by atoms with Crippen molar-refractivity contribution >= 4 is 22.2 Å². The second-order valence-corrected chi connectivity index (χ2v) is 3.80. The monoisotopic (exact) mass is 210 g/mol. The van der Waals surface area contributed by atoms with Crippen molar-refractivity contribution in [1.82, 2.24) is 9.38 Å². The van der Waals surface area contributed by atoms with Crippen LogP contribution in [0.2, 0.25) is 0 Å². The van der Waals surface area contributed by atoms with E-state index in [1.807, 2.05) is 40.9 Å². The molecule has 3 nitrogen and oxygen atoms in total. The van der Waals surface area contributed by atoms with E-state index < -0.39 is 0 Å². The van der Waals surface area contributed by atoms with E-state index in [4.69, 9.17) is 0 Å². The van der Waals surface area contributed by atoms with Crippen LogP contribution in [0, 0.1) is 0 Å². The second-order valence-electron chi connectivity index (χ2n) is 3.80. The predicted molar refractivity (Wildman–Crippen MR) is 62.7 cm³/mol. The lowest BCUT2D eigenvalue weighted by Gasteiger charge is -2.01. The molecule has 0 aliphatic rings. The summed E-state index contributed by atoms with van der Waals surface area (Å²) in [5.74, 6) is 0.0304. The Morgan fingerprint density at radius 1 is 1.25 bits per heavy atom. The van der Waals surface area contributed by atoms with Crippen LogP contribution in [0.3, 0.4) is 0 Å². The molecule has 3 rings (SSSR count). The van der Waals surface area contributed by atoms with E-state index in [9.17, 15) is 4.79 Å². The summed E-state index contributed by atoms with van der Waals surface area (Å²) < 4.78 is 1.84. The highest BCUT2D eigenvalue weighted by Gasteiger charge is 2.09. The number of carbonyl (C=O) groups is 1. The number of rotatable bonds is 1. The van der Waals surface area contributed by atoms with Crippen molar-refractivity contribution in [1.29, 1.82) is 0 Å². The van der Waals surface area contributed by atoms with E-state index in [1.165, 1.54) is 0 Å². The van der Waals surface area contributed by atoms with E-state index in [1.54, 1.807) is 13.1 Å². The minimum absolute atomic E-state index is 0.0304. The largest absolute Gasteiger partial charge is 0.297 e. The van der Waals surface area contributed by atoms with Crippen LogP contribution < -0.4 is 0 Å². The van der Waals surface area contributed by atoms with Crippen LogP contribution in [0.15, 0.2) is 42.7 Å². The third kappa shape index (κ3) is 1.15. The van der Waals surface area contributed by atoms with Crippen LogP contribution in [-0.4, -0.2) is 15.2 Å². The average molecular weight is 210 g/mol. The maximum atomic E-state index is 11.4. The lowest BCUT2D eigenvalue weighted by atomic mass is 10.2. The van der Waals surface area contributed by atoms with Gasteiger partial charge in [0.1, 0.15) is 11.3 Å². The maximum absolute atomic E-state index is 11.4. The number of Topliss-reactive ketones (excluding diaryl/α,β-unsaturated/α-hetero) is 1. The molecule has 0 saturated carbocycles. The molecule has 1 aromatic carbocycles. The number of nitrogens with zero attached hydrogens (tertiary/aromatic N) is 2. The molecule has 0 amide bonds. The molecule has 0 saturated heterocycles. The van der Waals surface area contributed by atoms with E-state index in [0.29, 0.717) is 5.69 Å². The molecule has 0 bridgehead atoms. The Morgan fingerprint density at radius 3 is 2.88 bits per heavy atom. The van der Waals surface area contributed by atoms with Gasteiger partial charge in [0.05, 0.1) is 6.20 Å². The number of hydrogen-bond donors (Lipinski definition) is 0. The molecule has 0 spiro atoms. The van der Waals surface area contributed by atoms with Crippen molar-refractivity contribution in [2.75, 3.05) is 0 Å². The summed E-state index contributed by atoms with van der Waals surface area (Å²) in [6.45, 7) is 1.55. The summed E-state index contributed by atoms with van der Waals surface area (Å²) in [6.07, 6.45) is 3.52. The molecule has 0 fully saturated rings. The van der Waals surface area contributed by atoms with Crippen LogP contribution >= 0.6 is 0 Å². The van der Waals surface area contributed by atoms with Crippen molar-refractivity contribution < 1.29 is 4.79 Å². The summed E-state index contributed by atoms with van der Waals surface area (Å²) in [6, 6.07) is 10.0. The van der Waals surface area contributed by atoms with Crippen LogP contribution in [0.5, 0.6) is 0 Å². The number of pyridine rings is 1. The fourth-order valence-corrected chi connectivity index (χ4v) is 1.97. The zero-order valence-electron chi connectivity index (χ0n) is 8.84. The van der Waals surface area contributed by atoms with Gasteiger partial charge in [-0.15, -0.1) is 0 Å². The lowest BCUT2D eigenvalue weighted by Crippen LogP contribution is -1.97. The molecule has 78 valence electrons.